The standard InChI is InChI=1S/C17H28FN5.HI/c1-2-23-11-4-8-16(23)13-22-17(19)21-10-5-9-20-15-7-3-6-14(18)12-15;/h3,6-7,12,16,20H,2,4-5,8-11,13H2,1H3,(H3,19,21,22);1H. The largest absolute Gasteiger partial charge is 0.385 e. The SMILES string of the molecule is CCN1CCCC1CN=C(N)NCCCNc1cccc(F)c1.I. The number of benzene rings is 1. The lowest BCUT2D eigenvalue weighted by Gasteiger charge is -2.20. The van der Waals surface area contributed by atoms with Crippen molar-refractivity contribution in [1.82, 2.24) is 10.2 Å². The van der Waals surface area contributed by atoms with E-state index in [9.17, 15) is 4.39 Å². The summed E-state index contributed by atoms with van der Waals surface area (Å²) in [4.78, 5) is 6.90. The number of hydrogen-bond donors (Lipinski definition) is 3. The van der Waals surface area contributed by atoms with Crippen LogP contribution < -0.4 is 16.4 Å². The Kier molecular flexibility index (Phi) is 10.0. The zero-order valence-electron chi connectivity index (χ0n) is 14.3. The number of nitrogens with zero attached hydrogens (tertiary/aromatic N) is 2. The van der Waals surface area contributed by atoms with Crippen LogP contribution >= 0.6 is 24.0 Å². The molecule has 1 atom stereocenters. The zero-order chi connectivity index (χ0) is 16.5. The molecule has 0 bridgehead atoms. The van der Waals surface area contributed by atoms with Crippen molar-refractivity contribution in [3.05, 3.63) is 30.1 Å². The maximum atomic E-state index is 13.0. The van der Waals surface area contributed by atoms with Crippen LogP contribution in [0.5, 0.6) is 0 Å². The number of nitrogens with one attached hydrogen (secondary N) is 2. The van der Waals surface area contributed by atoms with Crippen LogP contribution in [-0.4, -0.2) is 49.6 Å². The van der Waals surface area contributed by atoms with Crippen molar-refractivity contribution in [2.45, 2.75) is 32.2 Å². The Labute approximate surface area is 161 Å². The van der Waals surface area contributed by atoms with Crippen molar-refractivity contribution in [2.75, 3.05) is 38.0 Å². The third-order valence-corrected chi connectivity index (χ3v) is 4.19. The Morgan fingerprint density at radius 3 is 3.00 bits per heavy atom. The van der Waals surface area contributed by atoms with Crippen molar-refractivity contribution in [3.63, 3.8) is 0 Å². The Hall–Kier alpha value is -1.09. The van der Waals surface area contributed by atoms with Gasteiger partial charge in [-0.2, -0.15) is 0 Å². The predicted octanol–water partition coefficient (Wildman–Crippen LogP) is 2.63. The average Bonchev–Trinajstić information content (AvgIpc) is 3.00. The quantitative estimate of drug-likeness (QED) is 0.247. The Bertz CT molecular complexity index is 512. The second-order valence-electron chi connectivity index (χ2n) is 5.87. The summed E-state index contributed by atoms with van der Waals surface area (Å²) in [6.07, 6.45) is 3.35. The summed E-state index contributed by atoms with van der Waals surface area (Å²) in [5.74, 6) is 0.288. The number of anilines is 1. The van der Waals surface area contributed by atoms with Crippen LogP contribution in [0.1, 0.15) is 26.2 Å². The Morgan fingerprint density at radius 2 is 2.25 bits per heavy atom. The van der Waals surface area contributed by atoms with Crippen LogP contribution in [0.15, 0.2) is 29.3 Å². The van der Waals surface area contributed by atoms with Crippen LogP contribution in [0.4, 0.5) is 10.1 Å². The maximum Gasteiger partial charge on any atom is 0.188 e. The topological polar surface area (TPSA) is 65.7 Å². The second kappa shape index (κ2) is 11.5. The van der Waals surface area contributed by atoms with Gasteiger partial charge in [-0.1, -0.05) is 13.0 Å². The third kappa shape index (κ3) is 7.21. The molecule has 0 radical (unpaired) electrons. The van der Waals surface area contributed by atoms with Crippen LogP contribution in [-0.2, 0) is 0 Å². The summed E-state index contributed by atoms with van der Waals surface area (Å²) in [5, 5.41) is 6.31. The molecule has 0 aromatic heterocycles. The Morgan fingerprint density at radius 1 is 1.42 bits per heavy atom. The molecular formula is C17H29FIN5. The molecule has 0 amide bonds. The van der Waals surface area contributed by atoms with Crippen LogP contribution in [0.2, 0.25) is 0 Å². The van der Waals surface area contributed by atoms with Crippen molar-refractivity contribution in [3.8, 4) is 0 Å². The molecule has 136 valence electrons. The van der Waals surface area contributed by atoms with Gasteiger partial charge in [-0.3, -0.25) is 9.89 Å². The van der Waals surface area contributed by atoms with Crippen molar-refractivity contribution in [1.29, 1.82) is 0 Å². The van der Waals surface area contributed by atoms with Gasteiger partial charge in [-0.25, -0.2) is 4.39 Å². The first kappa shape index (κ1) is 21.0. The fourth-order valence-electron chi connectivity index (χ4n) is 2.91. The summed E-state index contributed by atoms with van der Waals surface area (Å²) < 4.78 is 13.0. The predicted molar refractivity (Wildman–Crippen MR) is 110 cm³/mol. The van der Waals surface area contributed by atoms with E-state index in [0.29, 0.717) is 12.0 Å². The minimum Gasteiger partial charge on any atom is -0.385 e. The van der Waals surface area contributed by atoms with E-state index in [0.717, 1.165) is 38.3 Å². The maximum absolute atomic E-state index is 13.0. The normalized spacial score (nSPS) is 18.2. The fraction of sp³-hybridized carbons (Fsp3) is 0.588. The second-order valence-corrected chi connectivity index (χ2v) is 5.87. The molecule has 24 heavy (non-hydrogen) atoms. The number of guanidine groups is 1. The van der Waals surface area contributed by atoms with Gasteiger partial charge in [0.25, 0.3) is 0 Å². The summed E-state index contributed by atoms with van der Waals surface area (Å²) in [7, 11) is 0. The molecule has 5 nitrogen and oxygen atoms in total. The highest BCUT2D eigenvalue weighted by Gasteiger charge is 2.22. The lowest BCUT2D eigenvalue weighted by atomic mass is 10.2. The fourth-order valence-corrected chi connectivity index (χ4v) is 2.91. The molecule has 1 fully saturated rings. The molecule has 2 rings (SSSR count). The molecular weight excluding hydrogens is 420 g/mol. The number of hydrogen-bond acceptors (Lipinski definition) is 3. The van der Waals surface area contributed by atoms with Gasteiger partial charge in [0.15, 0.2) is 5.96 Å². The summed E-state index contributed by atoms with van der Waals surface area (Å²) in [6.45, 7) is 6.73. The summed E-state index contributed by atoms with van der Waals surface area (Å²) in [6, 6.07) is 7.02. The first-order valence-electron chi connectivity index (χ1n) is 8.46. The van der Waals surface area contributed by atoms with E-state index in [2.05, 4.69) is 27.4 Å². The molecule has 1 aromatic carbocycles. The van der Waals surface area contributed by atoms with E-state index >= 15 is 0 Å². The molecule has 0 saturated carbocycles. The van der Waals surface area contributed by atoms with E-state index in [4.69, 9.17) is 5.73 Å². The van der Waals surface area contributed by atoms with Gasteiger partial charge in [0, 0.05) is 24.8 Å². The van der Waals surface area contributed by atoms with E-state index in [1.54, 1.807) is 6.07 Å². The van der Waals surface area contributed by atoms with Gasteiger partial charge in [-0.15, -0.1) is 24.0 Å². The molecule has 4 N–H and O–H groups in total. The van der Waals surface area contributed by atoms with Gasteiger partial charge >= 0.3 is 0 Å². The molecule has 7 heteroatoms. The van der Waals surface area contributed by atoms with E-state index < -0.39 is 0 Å². The van der Waals surface area contributed by atoms with Gasteiger partial charge in [0.1, 0.15) is 5.82 Å². The molecule has 1 aliphatic rings. The number of aliphatic imine (C=N–C) groups is 1. The average molecular weight is 449 g/mol. The lowest BCUT2D eigenvalue weighted by Crippen LogP contribution is -2.36. The minimum atomic E-state index is -0.225. The molecule has 1 aromatic rings. The smallest absolute Gasteiger partial charge is 0.188 e. The van der Waals surface area contributed by atoms with Crippen molar-refractivity contribution in [2.24, 2.45) is 10.7 Å². The number of nitrogens with two attached hydrogens (primary N) is 1. The van der Waals surface area contributed by atoms with Gasteiger partial charge < -0.3 is 16.4 Å². The number of likely N-dealkylation sites (N-methyl/N-ethyl adjacent to an activating group) is 1. The van der Waals surface area contributed by atoms with E-state index in [1.807, 2.05) is 6.07 Å². The highest BCUT2D eigenvalue weighted by molar-refractivity contribution is 14.0. The Balaban J connectivity index is 0.00000288. The first-order valence-corrected chi connectivity index (χ1v) is 8.46. The van der Waals surface area contributed by atoms with Crippen LogP contribution in [0.25, 0.3) is 0 Å². The van der Waals surface area contributed by atoms with E-state index in [-0.39, 0.29) is 29.8 Å². The highest BCUT2D eigenvalue weighted by Crippen LogP contribution is 2.16. The van der Waals surface area contributed by atoms with Crippen LogP contribution in [0.3, 0.4) is 0 Å². The van der Waals surface area contributed by atoms with Gasteiger partial charge in [0.2, 0.25) is 0 Å². The molecule has 1 unspecified atom stereocenters. The minimum absolute atomic E-state index is 0. The van der Waals surface area contributed by atoms with E-state index in [1.165, 1.54) is 31.5 Å². The molecule has 1 saturated heterocycles. The molecule has 1 aliphatic heterocycles. The number of halogens is 2. The zero-order valence-corrected chi connectivity index (χ0v) is 16.6. The van der Waals surface area contributed by atoms with Gasteiger partial charge in [-0.05, 0) is 50.6 Å². The monoisotopic (exact) mass is 449 g/mol. The third-order valence-electron chi connectivity index (χ3n) is 4.19. The summed E-state index contributed by atoms with van der Waals surface area (Å²) in [5.41, 5.74) is 6.70. The van der Waals surface area contributed by atoms with Crippen molar-refractivity contribution >= 4 is 35.6 Å². The number of likely N-dealkylation sites (tertiary alicyclic amines) is 1. The lowest BCUT2D eigenvalue weighted by molar-refractivity contribution is 0.273. The highest BCUT2D eigenvalue weighted by atomic mass is 127. The molecule has 0 aliphatic carbocycles. The first-order chi connectivity index (χ1) is 11.2. The van der Waals surface area contributed by atoms with Gasteiger partial charge in [0.05, 0.1) is 6.54 Å². The van der Waals surface area contributed by atoms with Crippen molar-refractivity contribution < 1.29 is 4.39 Å². The number of rotatable bonds is 8. The molecule has 0 spiro atoms. The molecule has 1 heterocycles. The van der Waals surface area contributed by atoms with Crippen LogP contribution in [0, 0.1) is 5.82 Å². The summed E-state index contributed by atoms with van der Waals surface area (Å²) >= 11 is 0.